The maximum Gasteiger partial charge on any atom is 0.315 e. The maximum atomic E-state index is 11.3. The molecule has 1 heterocycles. The number of hydrogen-bond acceptors (Lipinski definition) is 2. The van der Waals surface area contributed by atoms with Gasteiger partial charge < -0.3 is 15.7 Å². The van der Waals surface area contributed by atoms with Crippen LogP contribution in [0.1, 0.15) is 18.9 Å². The molecule has 3 N–H and O–H groups in total. The van der Waals surface area contributed by atoms with Crippen LogP contribution in [0.5, 0.6) is 5.75 Å². The molecule has 1 aromatic carbocycles. The second kappa shape index (κ2) is 3.46. The monoisotopic (exact) mass is 206 g/mol. The van der Waals surface area contributed by atoms with Crippen LogP contribution in [0.2, 0.25) is 0 Å². The average molecular weight is 206 g/mol. The molecule has 4 heteroatoms. The summed E-state index contributed by atoms with van der Waals surface area (Å²) in [4.78, 5) is 11.3. The number of urea groups is 1. The minimum absolute atomic E-state index is 0.188. The Hall–Kier alpha value is -1.71. The number of phenolic OH excluding ortho intramolecular Hbond substituents is 1. The first-order chi connectivity index (χ1) is 7.12. The summed E-state index contributed by atoms with van der Waals surface area (Å²) in [7, 11) is 0. The minimum Gasteiger partial charge on any atom is -0.508 e. The highest BCUT2D eigenvalue weighted by molar-refractivity contribution is 5.76. The lowest BCUT2D eigenvalue weighted by molar-refractivity contribution is 0.210. The van der Waals surface area contributed by atoms with Crippen LogP contribution in [0.15, 0.2) is 24.3 Å². The third-order valence-corrected chi connectivity index (χ3v) is 2.80. The fourth-order valence-corrected chi connectivity index (χ4v) is 1.93. The number of aromatic hydroxyl groups is 1. The molecular formula is C11H14N2O2. The number of nitrogens with one attached hydrogen (secondary N) is 2. The van der Waals surface area contributed by atoms with Gasteiger partial charge in [0, 0.05) is 12.1 Å². The third kappa shape index (κ3) is 1.75. The normalized spacial score (nSPS) is 25.5. The Morgan fingerprint density at radius 2 is 2.13 bits per heavy atom. The second-order valence-electron chi connectivity index (χ2n) is 3.98. The molecule has 15 heavy (non-hydrogen) atoms. The number of phenols is 1. The summed E-state index contributed by atoms with van der Waals surface area (Å²) in [5, 5.41) is 15.3. The first-order valence-corrected chi connectivity index (χ1v) is 4.96. The van der Waals surface area contributed by atoms with Crippen molar-refractivity contribution in [1.29, 1.82) is 0 Å². The molecule has 0 bridgehead atoms. The Balaban J connectivity index is 2.36. The highest BCUT2D eigenvalue weighted by Gasteiger charge is 2.33. The number of benzene rings is 1. The molecule has 1 fully saturated rings. The van der Waals surface area contributed by atoms with E-state index in [-0.39, 0.29) is 11.8 Å². The zero-order valence-corrected chi connectivity index (χ0v) is 8.58. The molecule has 1 aromatic rings. The van der Waals surface area contributed by atoms with E-state index >= 15 is 0 Å². The lowest BCUT2D eigenvalue weighted by atomic mass is 9.87. The standard InChI is InChI=1S/C11H14N2O2/c1-11(6-7-12-10(15)13-11)8-4-2-3-5-9(8)14/h2-5,14H,6-7H2,1H3,(H2,12,13,15). The molecule has 0 aliphatic carbocycles. The van der Waals surface area contributed by atoms with E-state index in [9.17, 15) is 9.90 Å². The molecule has 0 aromatic heterocycles. The number of carbonyl (C=O) groups excluding carboxylic acids is 1. The van der Waals surface area contributed by atoms with Crippen LogP contribution in [0.25, 0.3) is 0 Å². The molecular weight excluding hydrogens is 192 g/mol. The first-order valence-electron chi connectivity index (χ1n) is 4.96. The third-order valence-electron chi connectivity index (χ3n) is 2.80. The van der Waals surface area contributed by atoms with Crippen molar-refractivity contribution in [2.75, 3.05) is 6.54 Å². The topological polar surface area (TPSA) is 61.4 Å². The lowest BCUT2D eigenvalue weighted by Gasteiger charge is -2.35. The fourth-order valence-electron chi connectivity index (χ4n) is 1.93. The minimum atomic E-state index is -0.478. The smallest absolute Gasteiger partial charge is 0.315 e. The van der Waals surface area contributed by atoms with Crippen LogP contribution in [-0.2, 0) is 5.54 Å². The summed E-state index contributed by atoms with van der Waals surface area (Å²) < 4.78 is 0. The van der Waals surface area contributed by atoms with E-state index in [2.05, 4.69) is 10.6 Å². The largest absolute Gasteiger partial charge is 0.508 e. The van der Waals surface area contributed by atoms with E-state index in [0.29, 0.717) is 6.54 Å². The van der Waals surface area contributed by atoms with Crippen molar-refractivity contribution in [3.05, 3.63) is 29.8 Å². The Morgan fingerprint density at radius 3 is 2.80 bits per heavy atom. The van der Waals surface area contributed by atoms with Crippen LogP contribution in [0.3, 0.4) is 0 Å². The van der Waals surface area contributed by atoms with Crippen molar-refractivity contribution in [1.82, 2.24) is 10.6 Å². The zero-order valence-electron chi connectivity index (χ0n) is 8.58. The Bertz CT molecular complexity index is 392. The number of carbonyl (C=O) groups is 1. The molecule has 1 atom stereocenters. The van der Waals surface area contributed by atoms with Gasteiger partial charge in [-0.25, -0.2) is 4.79 Å². The lowest BCUT2D eigenvalue weighted by Crippen LogP contribution is -2.54. The van der Waals surface area contributed by atoms with Gasteiger partial charge in [0.05, 0.1) is 5.54 Å². The van der Waals surface area contributed by atoms with Gasteiger partial charge in [0.15, 0.2) is 0 Å². The van der Waals surface area contributed by atoms with Crippen LogP contribution >= 0.6 is 0 Å². The summed E-state index contributed by atoms with van der Waals surface area (Å²) in [6.45, 7) is 2.54. The zero-order chi connectivity index (χ0) is 10.9. The van der Waals surface area contributed by atoms with E-state index in [0.717, 1.165) is 12.0 Å². The molecule has 1 aliphatic rings. The van der Waals surface area contributed by atoms with Gasteiger partial charge in [-0.3, -0.25) is 0 Å². The van der Waals surface area contributed by atoms with Crippen LogP contribution in [0, 0.1) is 0 Å². The van der Waals surface area contributed by atoms with Gasteiger partial charge in [-0.1, -0.05) is 18.2 Å². The van der Waals surface area contributed by atoms with Crippen molar-refractivity contribution < 1.29 is 9.90 Å². The van der Waals surface area contributed by atoms with Crippen LogP contribution in [0.4, 0.5) is 4.79 Å². The van der Waals surface area contributed by atoms with E-state index in [1.165, 1.54) is 0 Å². The Kier molecular flexibility index (Phi) is 2.26. The van der Waals surface area contributed by atoms with Crippen LogP contribution < -0.4 is 10.6 Å². The van der Waals surface area contributed by atoms with Gasteiger partial charge in [0.2, 0.25) is 0 Å². The molecule has 0 saturated carbocycles. The van der Waals surface area contributed by atoms with Crippen molar-refractivity contribution in [3.63, 3.8) is 0 Å². The summed E-state index contributed by atoms with van der Waals surface area (Å²) in [5.74, 6) is 0.224. The number of amides is 2. The highest BCUT2D eigenvalue weighted by atomic mass is 16.3. The predicted octanol–water partition coefficient (Wildman–Crippen LogP) is 1.31. The molecule has 2 amide bonds. The van der Waals surface area contributed by atoms with Crippen molar-refractivity contribution in [2.45, 2.75) is 18.9 Å². The molecule has 0 spiro atoms. The first kappa shape index (κ1) is 9.83. The number of rotatable bonds is 1. The number of hydrogen-bond donors (Lipinski definition) is 3. The maximum absolute atomic E-state index is 11.3. The Morgan fingerprint density at radius 1 is 1.40 bits per heavy atom. The van der Waals surface area contributed by atoms with E-state index in [4.69, 9.17) is 0 Å². The van der Waals surface area contributed by atoms with E-state index < -0.39 is 5.54 Å². The summed E-state index contributed by atoms with van der Waals surface area (Å²) >= 11 is 0. The summed E-state index contributed by atoms with van der Waals surface area (Å²) in [5.41, 5.74) is 0.285. The van der Waals surface area contributed by atoms with Crippen molar-refractivity contribution in [3.8, 4) is 5.75 Å². The number of para-hydroxylation sites is 1. The van der Waals surface area contributed by atoms with E-state index in [1.54, 1.807) is 12.1 Å². The van der Waals surface area contributed by atoms with Crippen molar-refractivity contribution in [2.24, 2.45) is 0 Å². The molecule has 4 nitrogen and oxygen atoms in total. The van der Waals surface area contributed by atoms with E-state index in [1.807, 2.05) is 19.1 Å². The van der Waals surface area contributed by atoms with Gasteiger partial charge in [0.1, 0.15) is 5.75 Å². The average Bonchev–Trinajstić information content (AvgIpc) is 2.17. The second-order valence-corrected chi connectivity index (χ2v) is 3.98. The van der Waals surface area contributed by atoms with Gasteiger partial charge in [0.25, 0.3) is 0 Å². The van der Waals surface area contributed by atoms with Gasteiger partial charge >= 0.3 is 6.03 Å². The van der Waals surface area contributed by atoms with Gasteiger partial charge in [-0.05, 0) is 19.4 Å². The van der Waals surface area contributed by atoms with Crippen molar-refractivity contribution >= 4 is 6.03 Å². The SMILES string of the molecule is CC1(c2ccccc2O)CCNC(=O)N1. The molecule has 1 unspecified atom stereocenters. The molecule has 80 valence electrons. The molecule has 1 saturated heterocycles. The fraction of sp³-hybridized carbons (Fsp3) is 0.364. The molecule has 2 rings (SSSR count). The quantitative estimate of drug-likeness (QED) is 0.648. The molecule has 1 aliphatic heterocycles. The summed E-state index contributed by atoms with van der Waals surface area (Å²) in [6.07, 6.45) is 0.760. The van der Waals surface area contributed by atoms with Gasteiger partial charge in [-0.2, -0.15) is 0 Å². The highest BCUT2D eigenvalue weighted by Crippen LogP contribution is 2.32. The molecule has 0 radical (unpaired) electrons. The predicted molar refractivity (Wildman–Crippen MR) is 56.6 cm³/mol. The van der Waals surface area contributed by atoms with Crippen LogP contribution in [-0.4, -0.2) is 17.7 Å². The van der Waals surface area contributed by atoms with Gasteiger partial charge in [-0.15, -0.1) is 0 Å². The Labute approximate surface area is 88.3 Å². The summed E-state index contributed by atoms with van der Waals surface area (Å²) in [6, 6.07) is 6.90.